The third-order valence-electron chi connectivity index (χ3n) is 7.55. The molecule has 0 bridgehead atoms. The van der Waals surface area contributed by atoms with Gasteiger partial charge in [-0.3, -0.25) is 4.79 Å². The maximum Gasteiger partial charge on any atom is 0.360 e. The molecule has 43 heavy (non-hydrogen) atoms. The molecule has 0 aliphatic carbocycles. The number of hydrogen-bond donors (Lipinski definition) is 4. The summed E-state index contributed by atoms with van der Waals surface area (Å²) in [4.78, 5) is 26.1. The number of phenols is 1. The molecule has 11 heteroatoms. The Morgan fingerprint density at radius 2 is 1.67 bits per heavy atom. The van der Waals surface area contributed by atoms with E-state index in [2.05, 4.69) is 5.32 Å². The fourth-order valence-corrected chi connectivity index (χ4v) is 5.31. The maximum absolute atomic E-state index is 13.2. The molecule has 3 aromatic carbocycles. The second-order valence-electron chi connectivity index (χ2n) is 10.8. The molecule has 5 rings (SSSR count). The highest BCUT2D eigenvalue weighted by molar-refractivity contribution is 6.06. The molecule has 2 heterocycles. The number of methoxy groups -OCH3 is 2. The van der Waals surface area contributed by atoms with E-state index < -0.39 is 41.7 Å². The molecule has 4 aromatic rings. The number of aliphatic hydroxyl groups excluding tert-OH is 2. The summed E-state index contributed by atoms with van der Waals surface area (Å²) in [6.45, 7) is 5.10. The zero-order valence-electron chi connectivity index (χ0n) is 24.3. The van der Waals surface area contributed by atoms with E-state index in [1.54, 1.807) is 69.3 Å². The Kier molecular flexibility index (Phi) is 8.17. The van der Waals surface area contributed by atoms with Crippen LogP contribution >= 0.6 is 0 Å². The first-order valence-corrected chi connectivity index (χ1v) is 13.5. The van der Waals surface area contributed by atoms with Crippen LogP contribution in [0.1, 0.15) is 29.8 Å². The average Bonchev–Trinajstić information content (AvgIpc) is 2.98. The molecular weight excluding hydrogens is 558 g/mol. The Morgan fingerprint density at radius 3 is 2.37 bits per heavy atom. The minimum atomic E-state index is -1.40. The van der Waals surface area contributed by atoms with Crippen LogP contribution in [0.25, 0.3) is 22.1 Å². The molecule has 11 nitrogen and oxygen atoms in total. The number of amides is 1. The third-order valence-corrected chi connectivity index (χ3v) is 7.55. The van der Waals surface area contributed by atoms with E-state index in [1.807, 2.05) is 0 Å². The SMILES string of the molecule is COc1ccc(C(=O)Nc2cc3ccc(OC4OC(C)(C)C(OC)C(O)C4O)c(C)c3oc2=O)cc1-c1ccccc1O. The van der Waals surface area contributed by atoms with Crippen molar-refractivity contribution in [3.05, 3.63) is 82.2 Å². The monoisotopic (exact) mass is 591 g/mol. The van der Waals surface area contributed by atoms with Gasteiger partial charge in [-0.15, -0.1) is 0 Å². The fraction of sp³-hybridized carbons (Fsp3) is 0.312. The molecule has 1 aliphatic heterocycles. The first-order valence-electron chi connectivity index (χ1n) is 13.5. The third kappa shape index (κ3) is 5.67. The molecular formula is C32H33NO10. The van der Waals surface area contributed by atoms with Gasteiger partial charge in [-0.2, -0.15) is 0 Å². The number of para-hydroxylation sites is 1. The van der Waals surface area contributed by atoms with E-state index in [0.717, 1.165) is 0 Å². The van der Waals surface area contributed by atoms with Gasteiger partial charge in [0, 0.05) is 34.7 Å². The van der Waals surface area contributed by atoms with Crippen LogP contribution in [0.2, 0.25) is 0 Å². The van der Waals surface area contributed by atoms with E-state index in [4.69, 9.17) is 23.4 Å². The van der Waals surface area contributed by atoms with Crippen LogP contribution in [0, 0.1) is 6.92 Å². The first-order chi connectivity index (χ1) is 20.4. The second kappa shape index (κ2) is 11.7. The van der Waals surface area contributed by atoms with Crippen molar-refractivity contribution in [3.63, 3.8) is 0 Å². The number of carbonyl (C=O) groups is 1. The number of rotatable bonds is 7. The Labute approximate surface area is 247 Å². The molecule has 4 unspecified atom stereocenters. The largest absolute Gasteiger partial charge is 0.507 e. The molecule has 1 fully saturated rings. The van der Waals surface area contributed by atoms with Gasteiger partial charge in [0.05, 0.1) is 12.7 Å². The second-order valence-corrected chi connectivity index (χ2v) is 10.8. The predicted octanol–water partition coefficient (Wildman–Crippen LogP) is 3.99. The Bertz CT molecular complexity index is 1730. The van der Waals surface area contributed by atoms with E-state index in [1.165, 1.54) is 26.4 Å². The van der Waals surface area contributed by atoms with Crippen LogP contribution in [-0.4, -0.2) is 65.6 Å². The molecule has 0 saturated carbocycles. The van der Waals surface area contributed by atoms with Gasteiger partial charge in [0.1, 0.15) is 46.8 Å². The summed E-state index contributed by atoms with van der Waals surface area (Å²) >= 11 is 0. The molecule has 1 aliphatic rings. The molecule has 1 saturated heterocycles. The van der Waals surface area contributed by atoms with Gasteiger partial charge in [0.2, 0.25) is 6.29 Å². The fourth-order valence-electron chi connectivity index (χ4n) is 5.31. The van der Waals surface area contributed by atoms with Crippen molar-refractivity contribution in [3.8, 4) is 28.4 Å². The summed E-state index contributed by atoms with van der Waals surface area (Å²) in [6, 6.07) is 16.1. The lowest BCUT2D eigenvalue weighted by molar-refractivity contribution is -0.306. The molecule has 4 atom stereocenters. The van der Waals surface area contributed by atoms with Crippen molar-refractivity contribution in [1.29, 1.82) is 0 Å². The van der Waals surface area contributed by atoms with Gasteiger partial charge in [-0.1, -0.05) is 18.2 Å². The van der Waals surface area contributed by atoms with Gasteiger partial charge >= 0.3 is 5.63 Å². The number of aromatic hydroxyl groups is 1. The number of anilines is 1. The van der Waals surface area contributed by atoms with E-state index in [9.17, 15) is 24.9 Å². The highest BCUT2D eigenvalue weighted by Gasteiger charge is 2.50. The number of ether oxygens (including phenoxy) is 4. The van der Waals surface area contributed by atoms with Crippen LogP contribution in [0.4, 0.5) is 5.69 Å². The van der Waals surface area contributed by atoms with Crippen molar-refractivity contribution < 1.29 is 43.5 Å². The Balaban J connectivity index is 1.40. The molecule has 4 N–H and O–H groups in total. The van der Waals surface area contributed by atoms with Crippen molar-refractivity contribution in [1.82, 2.24) is 0 Å². The minimum Gasteiger partial charge on any atom is -0.507 e. The summed E-state index contributed by atoms with van der Waals surface area (Å²) in [6.07, 6.45) is -4.66. The van der Waals surface area contributed by atoms with Gasteiger partial charge in [0.25, 0.3) is 5.91 Å². The minimum absolute atomic E-state index is 0.0240. The normalized spacial score (nSPS) is 21.4. The quantitative estimate of drug-likeness (QED) is 0.232. The summed E-state index contributed by atoms with van der Waals surface area (Å²) in [5, 5.41) is 34.6. The van der Waals surface area contributed by atoms with Crippen molar-refractivity contribution >= 4 is 22.6 Å². The van der Waals surface area contributed by atoms with Gasteiger partial charge < -0.3 is 44.0 Å². The zero-order chi connectivity index (χ0) is 31.1. The van der Waals surface area contributed by atoms with Crippen LogP contribution in [0.5, 0.6) is 17.2 Å². The number of nitrogens with one attached hydrogen (secondary N) is 1. The highest BCUT2D eigenvalue weighted by Crippen LogP contribution is 2.37. The van der Waals surface area contributed by atoms with Crippen molar-refractivity contribution in [2.45, 2.75) is 51.0 Å². The lowest BCUT2D eigenvalue weighted by Gasteiger charge is -2.46. The van der Waals surface area contributed by atoms with E-state index in [-0.39, 0.29) is 28.3 Å². The number of aryl methyl sites for hydroxylation is 1. The maximum atomic E-state index is 13.2. The number of phenolic OH excluding ortho intramolecular Hbond substituents is 1. The van der Waals surface area contributed by atoms with Gasteiger partial charge in [-0.25, -0.2) is 4.79 Å². The Morgan fingerprint density at radius 1 is 0.953 bits per heavy atom. The summed E-state index contributed by atoms with van der Waals surface area (Å²) in [7, 11) is 2.91. The highest BCUT2D eigenvalue weighted by atomic mass is 16.7. The summed E-state index contributed by atoms with van der Waals surface area (Å²) in [5.41, 5.74) is 0.0484. The number of fused-ring (bicyclic) bond motifs is 1. The van der Waals surface area contributed by atoms with E-state index >= 15 is 0 Å². The smallest absolute Gasteiger partial charge is 0.360 e. The molecule has 226 valence electrons. The van der Waals surface area contributed by atoms with Gasteiger partial charge in [0.15, 0.2) is 0 Å². The van der Waals surface area contributed by atoms with Crippen molar-refractivity contribution in [2.24, 2.45) is 0 Å². The predicted molar refractivity (Wildman–Crippen MR) is 158 cm³/mol. The van der Waals surface area contributed by atoms with Crippen LogP contribution in [0.3, 0.4) is 0 Å². The standard InChI is InChI=1S/C32H33NO10/c1-16-23(41-31-26(36)25(35)28(40-5)32(2,3)43-31)12-10-17-15-21(30(38)42-27(16)17)33-29(37)18-11-13-24(39-4)20(14-18)19-8-6-7-9-22(19)34/h6-15,25-26,28,31,34-36H,1-5H3,(H,33,37). The summed E-state index contributed by atoms with van der Waals surface area (Å²) in [5.74, 6) is 0.183. The molecule has 1 amide bonds. The Hall–Kier alpha value is -4.42. The van der Waals surface area contributed by atoms with E-state index in [0.29, 0.717) is 27.8 Å². The topological polar surface area (TPSA) is 157 Å². The van der Waals surface area contributed by atoms with Crippen LogP contribution < -0.4 is 20.4 Å². The molecule has 1 aromatic heterocycles. The summed E-state index contributed by atoms with van der Waals surface area (Å²) < 4.78 is 28.1. The molecule has 0 radical (unpaired) electrons. The zero-order valence-corrected chi connectivity index (χ0v) is 24.3. The van der Waals surface area contributed by atoms with Crippen LogP contribution in [0.15, 0.2) is 69.9 Å². The number of hydrogen-bond acceptors (Lipinski definition) is 10. The number of benzene rings is 3. The van der Waals surface area contributed by atoms with Crippen molar-refractivity contribution in [2.75, 3.05) is 19.5 Å². The van der Waals surface area contributed by atoms with Crippen LogP contribution in [-0.2, 0) is 9.47 Å². The molecule has 0 spiro atoms. The number of carbonyl (C=O) groups excluding carboxylic acids is 1. The number of aliphatic hydroxyl groups is 2. The first kappa shape index (κ1) is 30.1. The lowest BCUT2D eigenvalue weighted by atomic mass is 9.89. The van der Waals surface area contributed by atoms with Gasteiger partial charge in [-0.05, 0) is 63.2 Å². The average molecular weight is 592 g/mol. The lowest BCUT2D eigenvalue weighted by Crippen LogP contribution is -2.63.